The lowest BCUT2D eigenvalue weighted by Crippen LogP contribution is -2.10. The van der Waals surface area contributed by atoms with Crippen molar-refractivity contribution >= 4 is 40.0 Å². The molecule has 0 radical (unpaired) electrons. The number of hydrogen-bond donors (Lipinski definition) is 3. The van der Waals surface area contributed by atoms with Gasteiger partial charge < -0.3 is 25.2 Å². The molecular formula is C21H17N3O2S2. The van der Waals surface area contributed by atoms with Gasteiger partial charge in [0.1, 0.15) is 11.1 Å². The summed E-state index contributed by atoms with van der Waals surface area (Å²) in [4.78, 5) is 2.11. The largest absolute Gasteiger partial charge is 0.610 e. The SMILES string of the molecule is [O-][S+]1CNc2cc(C3Nc4ccc(C5Nc6ccccc6O5)cc4S3)ccc21. The molecule has 0 fully saturated rings. The van der Waals surface area contributed by atoms with Crippen LogP contribution in [0.25, 0.3) is 0 Å². The molecule has 0 amide bonds. The molecule has 28 heavy (non-hydrogen) atoms. The van der Waals surface area contributed by atoms with E-state index in [4.69, 9.17) is 4.74 Å². The van der Waals surface area contributed by atoms with Gasteiger partial charge in [0.25, 0.3) is 0 Å². The van der Waals surface area contributed by atoms with Crippen LogP contribution in [-0.2, 0) is 11.2 Å². The van der Waals surface area contributed by atoms with Gasteiger partial charge >= 0.3 is 0 Å². The lowest BCUT2D eigenvalue weighted by atomic mass is 10.1. The fourth-order valence-corrected chi connectivity index (χ4v) is 5.99. The van der Waals surface area contributed by atoms with E-state index in [9.17, 15) is 4.55 Å². The van der Waals surface area contributed by atoms with Crippen LogP contribution in [0.15, 0.2) is 70.5 Å². The molecule has 0 aromatic heterocycles. The van der Waals surface area contributed by atoms with Crippen molar-refractivity contribution in [3.8, 4) is 5.75 Å². The first kappa shape index (κ1) is 16.5. The number of ether oxygens (including phenoxy) is 1. The van der Waals surface area contributed by atoms with Crippen LogP contribution in [0.3, 0.4) is 0 Å². The van der Waals surface area contributed by atoms with Gasteiger partial charge in [0, 0.05) is 27.3 Å². The van der Waals surface area contributed by atoms with Crippen molar-refractivity contribution in [2.75, 3.05) is 21.8 Å². The maximum atomic E-state index is 11.9. The third-order valence-electron chi connectivity index (χ3n) is 5.20. The summed E-state index contributed by atoms with van der Waals surface area (Å²) in [7, 11) is 0. The first-order valence-corrected chi connectivity index (χ1v) is 11.3. The molecule has 3 aliphatic heterocycles. The second-order valence-electron chi connectivity index (χ2n) is 6.96. The van der Waals surface area contributed by atoms with Crippen molar-refractivity contribution in [3.05, 3.63) is 71.8 Å². The fraction of sp³-hybridized carbons (Fsp3) is 0.143. The molecule has 5 nitrogen and oxygen atoms in total. The van der Waals surface area contributed by atoms with Crippen LogP contribution in [0.4, 0.5) is 17.1 Å². The number of hydrogen-bond acceptors (Lipinski definition) is 6. The lowest BCUT2D eigenvalue weighted by Gasteiger charge is -2.12. The number of anilines is 3. The summed E-state index contributed by atoms with van der Waals surface area (Å²) in [6, 6.07) is 20.6. The average molecular weight is 408 g/mol. The Balaban J connectivity index is 1.24. The molecule has 0 bridgehead atoms. The number of thioether (sulfide) groups is 1. The van der Waals surface area contributed by atoms with Crippen LogP contribution in [0.2, 0.25) is 0 Å². The third-order valence-corrected chi connectivity index (χ3v) is 7.67. The molecule has 3 aromatic carbocycles. The normalized spacial score (nSPS) is 23.7. The molecule has 3 unspecified atom stereocenters. The summed E-state index contributed by atoms with van der Waals surface area (Å²) in [5, 5.41) is 10.4. The number of benzene rings is 3. The lowest BCUT2D eigenvalue weighted by molar-refractivity contribution is 0.259. The second kappa shape index (κ2) is 6.27. The summed E-state index contributed by atoms with van der Waals surface area (Å²) >= 11 is 0.866. The average Bonchev–Trinajstić information content (AvgIpc) is 3.43. The van der Waals surface area contributed by atoms with Gasteiger partial charge in [-0.3, -0.25) is 0 Å². The molecule has 0 spiro atoms. The topological polar surface area (TPSA) is 68.4 Å². The van der Waals surface area contributed by atoms with E-state index in [-0.39, 0.29) is 11.6 Å². The first-order valence-electron chi connectivity index (χ1n) is 9.10. The minimum absolute atomic E-state index is 0.140. The summed E-state index contributed by atoms with van der Waals surface area (Å²) in [5.74, 6) is 1.39. The first-order chi connectivity index (χ1) is 13.7. The highest BCUT2D eigenvalue weighted by Crippen LogP contribution is 2.49. The highest BCUT2D eigenvalue weighted by atomic mass is 32.2. The van der Waals surface area contributed by atoms with Crippen molar-refractivity contribution in [1.29, 1.82) is 0 Å². The minimum Gasteiger partial charge on any atom is -0.610 e. The third kappa shape index (κ3) is 2.62. The maximum absolute atomic E-state index is 11.9. The van der Waals surface area contributed by atoms with Crippen molar-refractivity contribution in [3.63, 3.8) is 0 Å². The van der Waals surface area contributed by atoms with E-state index in [2.05, 4.69) is 46.3 Å². The molecule has 0 saturated heterocycles. The van der Waals surface area contributed by atoms with Gasteiger partial charge in [-0.25, -0.2) is 0 Å². The molecule has 140 valence electrons. The summed E-state index contributed by atoms with van der Waals surface area (Å²) in [6.07, 6.45) is -0.165. The molecule has 3 heterocycles. The van der Waals surface area contributed by atoms with Crippen molar-refractivity contribution in [2.45, 2.75) is 21.4 Å². The predicted molar refractivity (Wildman–Crippen MR) is 113 cm³/mol. The van der Waals surface area contributed by atoms with Crippen LogP contribution in [0, 0.1) is 0 Å². The zero-order valence-electron chi connectivity index (χ0n) is 14.8. The van der Waals surface area contributed by atoms with Gasteiger partial charge in [-0.1, -0.05) is 36.0 Å². The fourth-order valence-electron chi connectivity index (χ4n) is 3.77. The Bertz CT molecular complexity index is 1070. The zero-order valence-corrected chi connectivity index (χ0v) is 16.4. The smallest absolute Gasteiger partial charge is 0.196 e. The maximum Gasteiger partial charge on any atom is 0.196 e. The Morgan fingerprint density at radius 1 is 0.929 bits per heavy atom. The number of rotatable bonds is 2. The van der Waals surface area contributed by atoms with E-state index in [0.29, 0.717) is 5.88 Å². The molecule has 6 rings (SSSR count). The van der Waals surface area contributed by atoms with Gasteiger partial charge in [0.05, 0.1) is 11.4 Å². The minimum atomic E-state index is -0.928. The Labute approximate surface area is 170 Å². The van der Waals surface area contributed by atoms with Crippen LogP contribution >= 0.6 is 11.8 Å². The molecule has 7 heteroatoms. The van der Waals surface area contributed by atoms with E-state index in [1.165, 1.54) is 10.5 Å². The van der Waals surface area contributed by atoms with Crippen LogP contribution < -0.4 is 20.7 Å². The molecule has 3 aromatic rings. The predicted octanol–water partition coefficient (Wildman–Crippen LogP) is 4.90. The quantitative estimate of drug-likeness (QED) is 0.525. The Morgan fingerprint density at radius 2 is 1.82 bits per heavy atom. The summed E-state index contributed by atoms with van der Waals surface area (Å²) in [6.45, 7) is 0. The van der Waals surface area contributed by atoms with Gasteiger partial charge in [-0.05, 0) is 42.0 Å². The van der Waals surface area contributed by atoms with Crippen LogP contribution in [-0.4, -0.2) is 10.4 Å². The Hall–Kier alpha value is -2.48. The Morgan fingerprint density at radius 3 is 2.75 bits per heavy atom. The number of fused-ring (bicyclic) bond motifs is 3. The van der Waals surface area contributed by atoms with Crippen molar-refractivity contribution < 1.29 is 9.29 Å². The summed E-state index contributed by atoms with van der Waals surface area (Å²) in [5.41, 5.74) is 5.42. The van der Waals surface area contributed by atoms with Crippen LogP contribution in [0.5, 0.6) is 5.75 Å². The molecule has 0 saturated carbocycles. The standard InChI is InChI=1S/C21H17N3O2S2/c25-28-11-22-16-9-13(6-8-19(16)28)21-24-15-7-5-12(10-18(15)27-21)20-23-14-3-1-2-4-17(14)26-20/h1-10,20-24H,11H2. The molecular weight excluding hydrogens is 390 g/mol. The Kier molecular flexibility index (Phi) is 3.69. The van der Waals surface area contributed by atoms with Gasteiger partial charge in [-0.15, -0.1) is 0 Å². The van der Waals surface area contributed by atoms with Crippen molar-refractivity contribution in [1.82, 2.24) is 0 Å². The molecule has 0 aliphatic carbocycles. The molecule has 3 aliphatic rings. The van der Waals surface area contributed by atoms with E-state index in [0.717, 1.165) is 33.3 Å². The van der Waals surface area contributed by atoms with E-state index in [1.54, 1.807) is 11.8 Å². The zero-order chi connectivity index (χ0) is 18.7. The van der Waals surface area contributed by atoms with Gasteiger partial charge in [0.15, 0.2) is 17.0 Å². The monoisotopic (exact) mass is 407 g/mol. The molecule has 3 N–H and O–H groups in total. The van der Waals surface area contributed by atoms with Gasteiger partial charge in [0.2, 0.25) is 0 Å². The highest BCUT2D eigenvalue weighted by molar-refractivity contribution is 8.00. The highest BCUT2D eigenvalue weighted by Gasteiger charge is 2.30. The molecule has 3 atom stereocenters. The van der Waals surface area contributed by atoms with E-state index >= 15 is 0 Å². The van der Waals surface area contributed by atoms with Gasteiger partial charge in [-0.2, -0.15) is 0 Å². The van der Waals surface area contributed by atoms with E-state index in [1.807, 2.05) is 30.3 Å². The summed E-state index contributed by atoms with van der Waals surface area (Å²) < 4.78 is 18.0. The second-order valence-corrected chi connectivity index (χ2v) is 9.52. The van der Waals surface area contributed by atoms with Crippen LogP contribution in [0.1, 0.15) is 22.7 Å². The van der Waals surface area contributed by atoms with E-state index < -0.39 is 11.2 Å². The number of nitrogens with one attached hydrogen (secondary N) is 3. The van der Waals surface area contributed by atoms with Crippen molar-refractivity contribution in [2.24, 2.45) is 0 Å². The number of para-hydroxylation sites is 2.